The molecule has 0 spiro atoms. The molecule has 1 heterocycles. The molecule has 0 unspecified atom stereocenters. The van der Waals surface area contributed by atoms with Gasteiger partial charge in [0.05, 0.1) is 17.0 Å². The summed E-state index contributed by atoms with van der Waals surface area (Å²) in [5.41, 5.74) is 0.248. The number of nitriles is 1. The van der Waals surface area contributed by atoms with Gasteiger partial charge in [0.1, 0.15) is 11.6 Å². The van der Waals surface area contributed by atoms with Crippen molar-refractivity contribution in [3.05, 3.63) is 40.0 Å². The van der Waals surface area contributed by atoms with Crippen molar-refractivity contribution in [3.63, 3.8) is 0 Å². The van der Waals surface area contributed by atoms with Gasteiger partial charge in [0.25, 0.3) is 5.91 Å². The van der Waals surface area contributed by atoms with Gasteiger partial charge < -0.3 is 10.2 Å². The molecule has 0 saturated carbocycles. The van der Waals surface area contributed by atoms with E-state index < -0.39 is 15.9 Å². The Morgan fingerprint density at radius 3 is 2.44 bits per heavy atom. The number of hydrogen-bond acceptors (Lipinski definition) is 5. The van der Waals surface area contributed by atoms with Gasteiger partial charge in [-0.15, -0.1) is 0 Å². The van der Waals surface area contributed by atoms with Gasteiger partial charge in [-0.25, -0.2) is 8.42 Å². The van der Waals surface area contributed by atoms with Crippen LogP contribution in [0.2, 0.25) is 10.0 Å². The fourth-order valence-corrected chi connectivity index (χ4v) is 3.55. The number of amides is 1. The summed E-state index contributed by atoms with van der Waals surface area (Å²) >= 11 is 11.8. The maximum absolute atomic E-state index is 12.3. The molecule has 1 aromatic rings. The maximum Gasteiger partial charge on any atom is 0.267 e. The third-order valence-corrected chi connectivity index (χ3v) is 5.45. The van der Waals surface area contributed by atoms with E-state index in [1.165, 1.54) is 16.6 Å². The smallest absolute Gasteiger partial charge is 0.267 e. The number of carbonyl (C=O) groups is 1. The van der Waals surface area contributed by atoms with Gasteiger partial charge in [-0.1, -0.05) is 23.2 Å². The molecule has 0 aromatic heterocycles. The number of piperazine rings is 1. The number of nitrogens with zero attached hydrogens (tertiary/aromatic N) is 3. The molecule has 1 fully saturated rings. The van der Waals surface area contributed by atoms with Crippen molar-refractivity contribution in [1.29, 1.82) is 5.26 Å². The Balaban J connectivity index is 2.05. The summed E-state index contributed by atoms with van der Waals surface area (Å²) < 4.78 is 24.3. The third-order valence-electron chi connectivity index (χ3n) is 3.60. The molecule has 10 heteroatoms. The quantitative estimate of drug-likeness (QED) is 0.613. The van der Waals surface area contributed by atoms with Crippen molar-refractivity contribution < 1.29 is 13.2 Å². The number of anilines is 1. The lowest BCUT2D eigenvalue weighted by Gasteiger charge is -2.32. The average Bonchev–Trinajstić information content (AvgIpc) is 2.54. The molecule has 0 aliphatic carbocycles. The van der Waals surface area contributed by atoms with Crippen molar-refractivity contribution in [3.8, 4) is 6.07 Å². The van der Waals surface area contributed by atoms with Crippen molar-refractivity contribution >= 4 is 44.8 Å². The van der Waals surface area contributed by atoms with E-state index in [9.17, 15) is 18.5 Å². The van der Waals surface area contributed by atoms with Crippen LogP contribution in [-0.4, -0.2) is 56.0 Å². The van der Waals surface area contributed by atoms with Crippen LogP contribution in [-0.2, 0) is 14.8 Å². The fraction of sp³-hybridized carbons (Fsp3) is 0.333. The van der Waals surface area contributed by atoms with Gasteiger partial charge in [0.15, 0.2) is 0 Å². The van der Waals surface area contributed by atoms with Crippen molar-refractivity contribution in [2.24, 2.45) is 0 Å². The predicted octanol–water partition coefficient (Wildman–Crippen LogP) is 1.92. The van der Waals surface area contributed by atoms with E-state index in [0.29, 0.717) is 36.9 Å². The average molecular weight is 403 g/mol. The first kappa shape index (κ1) is 19.5. The van der Waals surface area contributed by atoms with E-state index in [1.54, 1.807) is 17.0 Å². The van der Waals surface area contributed by atoms with E-state index in [2.05, 4.69) is 5.32 Å². The standard InChI is InChI=1S/C15H16Cl2N4O3S/c1-25(23,24)21-6-4-20(5-7-21)10-11(9-18)15(22)19-14-3-2-12(16)8-13(14)17/h2-3,8,10H,4-7H2,1H3,(H,19,22)/b11-10-. The maximum atomic E-state index is 12.3. The SMILES string of the molecule is CS(=O)(=O)N1CCN(/C=C(/C#N)C(=O)Nc2ccc(Cl)cc2Cl)CC1. The van der Waals surface area contributed by atoms with Crippen LogP contribution < -0.4 is 5.32 Å². The topological polar surface area (TPSA) is 93.5 Å². The van der Waals surface area contributed by atoms with Crippen molar-refractivity contribution in [2.75, 3.05) is 37.8 Å². The minimum atomic E-state index is -3.23. The largest absolute Gasteiger partial charge is 0.373 e. The van der Waals surface area contributed by atoms with Gasteiger partial charge in [-0.2, -0.15) is 9.57 Å². The zero-order valence-corrected chi connectivity index (χ0v) is 15.7. The predicted molar refractivity (Wildman–Crippen MR) is 96.8 cm³/mol. The minimum absolute atomic E-state index is 0.0983. The van der Waals surface area contributed by atoms with Gasteiger partial charge in [0.2, 0.25) is 10.0 Å². The Bertz CT molecular complexity index is 841. The van der Waals surface area contributed by atoms with E-state index >= 15 is 0 Å². The molecular weight excluding hydrogens is 387 g/mol. The van der Waals surface area contributed by atoms with E-state index in [-0.39, 0.29) is 10.6 Å². The van der Waals surface area contributed by atoms with Crippen LogP contribution in [0.3, 0.4) is 0 Å². The molecule has 1 aliphatic heterocycles. The van der Waals surface area contributed by atoms with Crippen LogP contribution in [0.1, 0.15) is 0 Å². The van der Waals surface area contributed by atoms with Crippen LogP contribution in [0.4, 0.5) is 5.69 Å². The van der Waals surface area contributed by atoms with Crippen LogP contribution in [0.15, 0.2) is 30.0 Å². The van der Waals surface area contributed by atoms with Gasteiger partial charge in [-0.3, -0.25) is 4.79 Å². The summed E-state index contributed by atoms with van der Waals surface area (Å²) in [7, 11) is -3.23. The summed E-state index contributed by atoms with van der Waals surface area (Å²) in [4.78, 5) is 14.0. The number of hydrogen-bond donors (Lipinski definition) is 1. The molecule has 25 heavy (non-hydrogen) atoms. The summed E-state index contributed by atoms with van der Waals surface area (Å²) in [6, 6.07) is 6.45. The molecule has 1 amide bonds. The molecule has 7 nitrogen and oxygen atoms in total. The number of sulfonamides is 1. The lowest BCUT2D eigenvalue weighted by molar-refractivity contribution is -0.112. The first-order valence-electron chi connectivity index (χ1n) is 7.28. The van der Waals surface area contributed by atoms with Crippen LogP contribution in [0, 0.1) is 11.3 Å². The van der Waals surface area contributed by atoms with Crippen molar-refractivity contribution in [2.45, 2.75) is 0 Å². The van der Waals surface area contributed by atoms with Gasteiger partial charge in [0, 0.05) is 37.4 Å². The highest BCUT2D eigenvalue weighted by Crippen LogP contribution is 2.25. The number of halogens is 2. The second-order valence-corrected chi connectivity index (χ2v) is 8.26. The number of rotatable bonds is 4. The lowest BCUT2D eigenvalue weighted by atomic mass is 10.2. The normalized spacial score (nSPS) is 16.4. The Labute approximate surface area is 156 Å². The Hall–Kier alpha value is -1.79. The molecule has 134 valence electrons. The second kappa shape index (κ2) is 8.06. The summed E-state index contributed by atoms with van der Waals surface area (Å²) in [5, 5.41) is 12.5. The minimum Gasteiger partial charge on any atom is -0.373 e. The van der Waals surface area contributed by atoms with E-state index in [1.807, 2.05) is 6.07 Å². The highest BCUT2D eigenvalue weighted by molar-refractivity contribution is 7.88. The summed E-state index contributed by atoms with van der Waals surface area (Å²) in [6.45, 7) is 1.40. The fourth-order valence-electron chi connectivity index (χ4n) is 2.27. The Morgan fingerprint density at radius 2 is 1.92 bits per heavy atom. The van der Waals surface area contributed by atoms with Gasteiger partial charge in [-0.05, 0) is 18.2 Å². The monoisotopic (exact) mass is 402 g/mol. The molecular formula is C15H16Cl2N4O3S. The first-order chi connectivity index (χ1) is 11.7. The van der Waals surface area contributed by atoms with Crippen LogP contribution >= 0.6 is 23.2 Å². The van der Waals surface area contributed by atoms with Crippen molar-refractivity contribution in [1.82, 2.24) is 9.21 Å². The molecule has 2 rings (SSSR count). The molecule has 1 aromatic carbocycles. The molecule has 0 radical (unpaired) electrons. The van der Waals surface area contributed by atoms with Gasteiger partial charge >= 0.3 is 0 Å². The molecule has 0 atom stereocenters. The third kappa shape index (κ3) is 5.34. The van der Waals surface area contributed by atoms with E-state index in [0.717, 1.165) is 6.26 Å². The summed E-state index contributed by atoms with van der Waals surface area (Å²) in [6.07, 6.45) is 2.58. The zero-order valence-electron chi connectivity index (χ0n) is 13.4. The molecule has 0 bridgehead atoms. The second-order valence-electron chi connectivity index (χ2n) is 5.43. The lowest BCUT2D eigenvalue weighted by Crippen LogP contribution is -2.46. The molecule has 1 aliphatic rings. The summed E-state index contributed by atoms with van der Waals surface area (Å²) in [5.74, 6) is -0.600. The van der Waals surface area contributed by atoms with E-state index in [4.69, 9.17) is 23.2 Å². The number of carbonyl (C=O) groups excluding carboxylic acids is 1. The highest BCUT2D eigenvalue weighted by Gasteiger charge is 2.23. The Kier molecular flexibility index (Phi) is 6.30. The zero-order chi connectivity index (χ0) is 18.6. The highest BCUT2D eigenvalue weighted by atomic mass is 35.5. The van der Waals surface area contributed by atoms with Crippen LogP contribution in [0.5, 0.6) is 0 Å². The Morgan fingerprint density at radius 1 is 1.28 bits per heavy atom. The number of nitrogens with one attached hydrogen (secondary N) is 1. The first-order valence-corrected chi connectivity index (χ1v) is 9.88. The molecule has 1 saturated heterocycles. The molecule has 1 N–H and O–H groups in total. The number of benzene rings is 1. The van der Waals surface area contributed by atoms with Crippen LogP contribution in [0.25, 0.3) is 0 Å².